The molecule has 0 radical (unpaired) electrons. The molecule has 0 bridgehead atoms. The van der Waals surface area contributed by atoms with Gasteiger partial charge < -0.3 is 19.4 Å². The summed E-state index contributed by atoms with van der Waals surface area (Å²) < 4.78 is 46.3. The molecule has 164 valence electrons. The first-order valence-electron chi connectivity index (χ1n) is 9.40. The van der Waals surface area contributed by atoms with E-state index in [0.29, 0.717) is 39.4 Å². The normalized spacial score (nSPS) is 13.9. The third kappa shape index (κ3) is 4.22. The largest absolute Gasteiger partial charge is 0.573 e. The number of H-pyrrole nitrogens is 1. The van der Waals surface area contributed by atoms with Gasteiger partial charge in [-0.2, -0.15) is 0 Å². The second-order valence-electron chi connectivity index (χ2n) is 7.10. The number of halogens is 3. The zero-order valence-electron chi connectivity index (χ0n) is 16.6. The van der Waals surface area contributed by atoms with Gasteiger partial charge in [0.2, 0.25) is 0 Å². The number of esters is 1. The van der Waals surface area contributed by atoms with E-state index in [1.807, 2.05) is 4.90 Å². The summed E-state index contributed by atoms with van der Waals surface area (Å²) in [5.41, 5.74) is 1.67. The Morgan fingerprint density at radius 2 is 2.13 bits per heavy atom. The Kier molecular flexibility index (Phi) is 5.38. The third-order valence-electron chi connectivity index (χ3n) is 5.06. The number of methoxy groups -OCH3 is 1. The van der Waals surface area contributed by atoms with E-state index >= 15 is 0 Å². The van der Waals surface area contributed by atoms with Crippen LogP contribution in [0.2, 0.25) is 0 Å². The molecule has 11 heteroatoms. The van der Waals surface area contributed by atoms with Gasteiger partial charge in [-0.05, 0) is 49.1 Å². The van der Waals surface area contributed by atoms with E-state index in [9.17, 15) is 22.8 Å². The van der Waals surface area contributed by atoms with Gasteiger partial charge in [-0.1, -0.05) is 0 Å². The van der Waals surface area contributed by atoms with E-state index in [2.05, 4.69) is 14.7 Å². The summed E-state index contributed by atoms with van der Waals surface area (Å²) in [4.78, 5) is 34.5. The molecule has 0 amide bonds. The maximum Gasteiger partial charge on any atom is 0.573 e. The second-order valence-corrected chi connectivity index (χ2v) is 8.10. The minimum absolute atomic E-state index is 0.259. The summed E-state index contributed by atoms with van der Waals surface area (Å²) in [6.07, 6.45) is -3.39. The van der Waals surface area contributed by atoms with Crippen molar-refractivity contribution >= 4 is 33.2 Å². The Morgan fingerprint density at radius 3 is 2.84 bits per heavy atom. The van der Waals surface area contributed by atoms with Crippen LogP contribution in [-0.4, -0.2) is 36.0 Å². The fraction of sp³-hybridized carbons (Fsp3) is 0.350. The Bertz CT molecular complexity index is 1220. The number of alkyl halides is 3. The lowest BCUT2D eigenvalue weighted by Gasteiger charge is -2.31. The molecule has 0 unspecified atom stereocenters. The number of aromatic nitrogens is 2. The molecular formula is C20H18F3N3O4S. The van der Waals surface area contributed by atoms with E-state index in [4.69, 9.17) is 4.74 Å². The molecule has 0 fully saturated rings. The molecule has 1 aromatic carbocycles. The summed E-state index contributed by atoms with van der Waals surface area (Å²) in [5.74, 6) is -0.382. The molecule has 0 atom stereocenters. The Morgan fingerprint density at radius 1 is 1.35 bits per heavy atom. The number of carbonyl (C=O) groups is 1. The molecule has 1 N–H and O–H groups in total. The number of fused-ring (bicyclic) bond motifs is 2. The SMILES string of the molecule is COC(=O)c1sc2nc(CN3CCCc4cc(OC(F)(F)F)ccc43)[nH]c(=O)c2c1C. The van der Waals surface area contributed by atoms with Crippen LogP contribution in [0.4, 0.5) is 18.9 Å². The quantitative estimate of drug-likeness (QED) is 0.603. The molecule has 0 aliphatic carbocycles. The van der Waals surface area contributed by atoms with Gasteiger partial charge in [0.05, 0.1) is 19.0 Å². The summed E-state index contributed by atoms with van der Waals surface area (Å²) in [6.45, 7) is 2.59. The Hall–Kier alpha value is -3.08. The van der Waals surface area contributed by atoms with E-state index in [1.165, 1.54) is 19.2 Å². The number of aryl methyl sites for hydroxylation is 2. The van der Waals surface area contributed by atoms with Gasteiger partial charge in [0.1, 0.15) is 21.3 Å². The van der Waals surface area contributed by atoms with Crippen molar-refractivity contribution in [1.29, 1.82) is 0 Å². The van der Waals surface area contributed by atoms with E-state index < -0.39 is 12.3 Å². The van der Waals surface area contributed by atoms with Gasteiger partial charge in [0.25, 0.3) is 5.56 Å². The molecule has 31 heavy (non-hydrogen) atoms. The second kappa shape index (κ2) is 7.88. The molecule has 0 saturated carbocycles. The third-order valence-corrected chi connectivity index (χ3v) is 6.23. The fourth-order valence-electron chi connectivity index (χ4n) is 3.74. The van der Waals surface area contributed by atoms with Crippen LogP contribution >= 0.6 is 11.3 Å². The van der Waals surface area contributed by atoms with Gasteiger partial charge in [0.15, 0.2) is 0 Å². The maximum atomic E-state index is 12.6. The molecule has 0 saturated heterocycles. The van der Waals surface area contributed by atoms with Crippen molar-refractivity contribution in [3.8, 4) is 5.75 Å². The number of hydrogen-bond acceptors (Lipinski definition) is 7. The standard InChI is InChI=1S/C20H18F3N3O4S/c1-10-15-17(27)24-14(25-18(15)31-16(10)19(28)29-2)9-26-7-3-4-11-8-12(5-6-13(11)26)30-20(21,22)23/h5-6,8H,3-4,7,9H2,1-2H3,(H,24,25,27). The molecular weight excluding hydrogens is 435 g/mol. The van der Waals surface area contributed by atoms with Crippen LogP contribution in [0.25, 0.3) is 10.2 Å². The van der Waals surface area contributed by atoms with Gasteiger partial charge in [-0.25, -0.2) is 9.78 Å². The smallest absolute Gasteiger partial charge is 0.465 e. The lowest BCUT2D eigenvalue weighted by atomic mass is 10.0. The average molecular weight is 453 g/mol. The molecule has 0 spiro atoms. The number of ether oxygens (including phenoxy) is 2. The van der Waals surface area contributed by atoms with Gasteiger partial charge in [-0.15, -0.1) is 24.5 Å². The summed E-state index contributed by atoms with van der Waals surface area (Å²) in [7, 11) is 1.27. The van der Waals surface area contributed by atoms with Crippen LogP contribution in [0.1, 0.15) is 33.0 Å². The molecule has 3 aromatic rings. The van der Waals surface area contributed by atoms with Gasteiger partial charge in [0, 0.05) is 12.2 Å². The molecule has 7 nitrogen and oxygen atoms in total. The predicted molar refractivity (Wildman–Crippen MR) is 109 cm³/mol. The zero-order valence-corrected chi connectivity index (χ0v) is 17.4. The first-order chi connectivity index (χ1) is 14.7. The molecule has 1 aliphatic rings. The molecule has 1 aliphatic heterocycles. The van der Waals surface area contributed by atoms with E-state index in [-0.39, 0.29) is 17.9 Å². The summed E-state index contributed by atoms with van der Waals surface area (Å²) >= 11 is 1.09. The van der Waals surface area contributed by atoms with E-state index in [1.54, 1.807) is 13.0 Å². The highest BCUT2D eigenvalue weighted by molar-refractivity contribution is 7.20. The first kappa shape index (κ1) is 21.2. The Labute approximate surface area is 178 Å². The van der Waals surface area contributed by atoms with Crippen molar-refractivity contribution in [3.63, 3.8) is 0 Å². The van der Waals surface area contributed by atoms with Crippen LogP contribution in [-0.2, 0) is 17.7 Å². The highest BCUT2D eigenvalue weighted by Gasteiger charge is 2.31. The predicted octanol–water partition coefficient (Wildman–Crippen LogP) is 3.93. The van der Waals surface area contributed by atoms with Crippen LogP contribution in [0.5, 0.6) is 5.75 Å². The minimum atomic E-state index is -4.75. The number of benzene rings is 1. The number of aromatic amines is 1. The van der Waals surface area contributed by atoms with Crippen molar-refractivity contribution in [3.05, 3.63) is 50.4 Å². The fourth-order valence-corrected chi connectivity index (χ4v) is 4.86. The highest BCUT2D eigenvalue weighted by Crippen LogP contribution is 2.33. The highest BCUT2D eigenvalue weighted by atomic mass is 32.1. The van der Waals surface area contributed by atoms with Crippen molar-refractivity contribution in [1.82, 2.24) is 9.97 Å². The minimum Gasteiger partial charge on any atom is -0.465 e. The lowest BCUT2D eigenvalue weighted by Crippen LogP contribution is -2.30. The molecule has 2 aromatic heterocycles. The lowest BCUT2D eigenvalue weighted by molar-refractivity contribution is -0.274. The first-order valence-corrected chi connectivity index (χ1v) is 10.2. The van der Waals surface area contributed by atoms with Crippen molar-refractivity contribution < 1.29 is 27.4 Å². The van der Waals surface area contributed by atoms with Crippen molar-refractivity contribution in [2.24, 2.45) is 0 Å². The number of rotatable bonds is 4. The Balaban J connectivity index is 1.64. The van der Waals surface area contributed by atoms with Crippen molar-refractivity contribution in [2.75, 3.05) is 18.6 Å². The van der Waals surface area contributed by atoms with Crippen molar-refractivity contribution in [2.45, 2.75) is 32.7 Å². The zero-order chi connectivity index (χ0) is 22.3. The average Bonchev–Trinajstić information content (AvgIpc) is 3.03. The number of hydrogen-bond donors (Lipinski definition) is 1. The summed E-state index contributed by atoms with van der Waals surface area (Å²) in [6, 6.07) is 4.24. The topological polar surface area (TPSA) is 84.5 Å². The monoisotopic (exact) mass is 453 g/mol. The number of carbonyl (C=O) groups excluding carboxylic acids is 1. The van der Waals surface area contributed by atoms with Gasteiger partial charge >= 0.3 is 12.3 Å². The number of nitrogens with zero attached hydrogens (tertiary/aromatic N) is 2. The maximum absolute atomic E-state index is 12.6. The molecule has 4 rings (SSSR count). The van der Waals surface area contributed by atoms with E-state index in [0.717, 1.165) is 29.0 Å². The van der Waals surface area contributed by atoms with Crippen LogP contribution in [0, 0.1) is 6.92 Å². The number of anilines is 1. The van der Waals surface area contributed by atoms with Gasteiger partial charge in [-0.3, -0.25) is 4.79 Å². The number of thiophene rings is 1. The molecule has 3 heterocycles. The van der Waals surface area contributed by atoms with Crippen LogP contribution in [0.15, 0.2) is 23.0 Å². The number of nitrogens with one attached hydrogen (secondary N) is 1. The van der Waals surface area contributed by atoms with Crippen LogP contribution < -0.4 is 15.2 Å². The summed E-state index contributed by atoms with van der Waals surface area (Å²) in [5, 5.41) is 0.349. The van der Waals surface area contributed by atoms with Crippen LogP contribution in [0.3, 0.4) is 0 Å².